The molecule has 1 aliphatic heterocycles. The van der Waals surface area contributed by atoms with E-state index in [1.54, 1.807) is 11.2 Å². The predicted molar refractivity (Wildman–Crippen MR) is 78.8 cm³/mol. The van der Waals surface area contributed by atoms with Gasteiger partial charge in [-0.05, 0) is 32.8 Å². The van der Waals surface area contributed by atoms with Gasteiger partial charge in [0.25, 0.3) is 0 Å². The summed E-state index contributed by atoms with van der Waals surface area (Å²) in [5.74, 6) is 0.195. The molecule has 0 spiro atoms. The van der Waals surface area contributed by atoms with Gasteiger partial charge >= 0.3 is 0 Å². The highest BCUT2D eigenvalue weighted by atomic mass is 32.2. The minimum atomic E-state index is -3.02. The van der Waals surface area contributed by atoms with Crippen LogP contribution in [0.5, 0.6) is 0 Å². The average molecular weight is 300 g/mol. The van der Waals surface area contributed by atoms with E-state index in [2.05, 4.69) is 17.3 Å². The van der Waals surface area contributed by atoms with Crippen LogP contribution in [0.2, 0.25) is 0 Å². The third kappa shape index (κ3) is 3.59. The van der Waals surface area contributed by atoms with E-state index >= 15 is 0 Å². The molecule has 2 heterocycles. The molecule has 1 saturated heterocycles. The van der Waals surface area contributed by atoms with Crippen molar-refractivity contribution in [3.63, 3.8) is 0 Å². The van der Waals surface area contributed by atoms with Crippen molar-refractivity contribution in [3.8, 4) is 0 Å². The van der Waals surface area contributed by atoms with Crippen LogP contribution in [0.15, 0.2) is 12.3 Å². The minimum Gasteiger partial charge on any atom is -0.308 e. The van der Waals surface area contributed by atoms with Gasteiger partial charge in [0.2, 0.25) is 10.0 Å². The number of piperidine rings is 1. The molecule has 0 bridgehead atoms. The van der Waals surface area contributed by atoms with Crippen LogP contribution in [0.1, 0.15) is 32.4 Å². The van der Waals surface area contributed by atoms with Crippen molar-refractivity contribution in [2.45, 2.75) is 45.8 Å². The topological polar surface area (TPSA) is 67.2 Å². The molecule has 114 valence electrons. The first-order valence-corrected chi connectivity index (χ1v) is 8.89. The summed E-state index contributed by atoms with van der Waals surface area (Å²) in [6.07, 6.45) is 3.57. The largest absolute Gasteiger partial charge is 0.308 e. The summed E-state index contributed by atoms with van der Waals surface area (Å²) < 4.78 is 27.2. The lowest BCUT2D eigenvalue weighted by Gasteiger charge is -2.31. The molecule has 0 saturated carbocycles. The molecule has 1 aromatic rings. The number of rotatable bonds is 6. The number of nitrogens with one attached hydrogen (secondary N) is 1. The van der Waals surface area contributed by atoms with E-state index in [4.69, 9.17) is 0 Å². The third-order valence-electron chi connectivity index (χ3n) is 3.89. The lowest BCUT2D eigenvalue weighted by Crippen LogP contribution is -2.45. The molecule has 0 aromatic carbocycles. The van der Waals surface area contributed by atoms with Crippen molar-refractivity contribution < 1.29 is 8.42 Å². The Bertz CT molecular complexity index is 518. The molecule has 0 unspecified atom stereocenters. The molecule has 0 amide bonds. The zero-order chi connectivity index (χ0) is 14.6. The number of sulfonamides is 1. The van der Waals surface area contributed by atoms with Crippen LogP contribution in [0.25, 0.3) is 0 Å². The summed E-state index contributed by atoms with van der Waals surface area (Å²) in [5, 5.41) is 7.75. The monoisotopic (exact) mass is 300 g/mol. The minimum absolute atomic E-state index is 0.195. The predicted octanol–water partition coefficient (Wildman–Crippen LogP) is 0.807. The van der Waals surface area contributed by atoms with Crippen LogP contribution in [-0.4, -0.2) is 47.4 Å². The normalized spacial score (nSPS) is 18.5. The van der Waals surface area contributed by atoms with Crippen LogP contribution in [0, 0.1) is 0 Å². The fourth-order valence-corrected chi connectivity index (χ4v) is 3.70. The van der Waals surface area contributed by atoms with Crippen molar-refractivity contribution in [3.05, 3.63) is 18.0 Å². The Hall–Kier alpha value is -0.920. The van der Waals surface area contributed by atoms with Crippen LogP contribution >= 0.6 is 0 Å². The van der Waals surface area contributed by atoms with Gasteiger partial charge in [-0.15, -0.1) is 0 Å². The fourth-order valence-electron chi connectivity index (χ4n) is 2.56. The highest BCUT2D eigenvalue weighted by Crippen LogP contribution is 2.15. The summed E-state index contributed by atoms with van der Waals surface area (Å²) in [6.45, 7) is 6.69. The Morgan fingerprint density at radius 2 is 2.05 bits per heavy atom. The SMILES string of the molecule is CCn1nccc1CNC1CCN(S(=O)(=O)CC)CC1. The summed E-state index contributed by atoms with van der Waals surface area (Å²) in [6, 6.07) is 2.41. The van der Waals surface area contributed by atoms with Gasteiger partial charge in [-0.25, -0.2) is 12.7 Å². The van der Waals surface area contributed by atoms with E-state index < -0.39 is 10.0 Å². The molecule has 2 rings (SSSR count). The molecule has 1 fully saturated rings. The van der Waals surface area contributed by atoms with Crippen molar-refractivity contribution in [1.29, 1.82) is 0 Å². The second-order valence-corrected chi connectivity index (χ2v) is 7.35. The highest BCUT2D eigenvalue weighted by molar-refractivity contribution is 7.89. The number of aryl methyl sites for hydroxylation is 1. The second-order valence-electron chi connectivity index (χ2n) is 5.09. The maximum Gasteiger partial charge on any atom is 0.213 e. The van der Waals surface area contributed by atoms with Crippen molar-refractivity contribution >= 4 is 10.0 Å². The van der Waals surface area contributed by atoms with Crippen molar-refractivity contribution in [1.82, 2.24) is 19.4 Å². The van der Waals surface area contributed by atoms with Gasteiger partial charge in [-0.1, -0.05) is 0 Å². The second kappa shape index (κ2) is 6.69. The quantitative estimate of drug-likeness (QED) is 0.844. The Labute approximate surface area is 121 Å². The number of aromatic nitrogens is 2. The van der Waals surface area contributed by atoms with Gasteiger partial charge in [-0.3, -0.25) is 4.68 Å². The van der Waals surface area contributed by atoms with Gasteiger partial charge in [0, 0.05) is 38.4 Å². The van der Waals surface area contributed by atoms with Gasteiger partial charge in [0.05, 0.1) is 11.4 Å². The van der Waals surface area contributed by atoms with E-state index in [1.165, 1.54) is 5.69 Å². The molecular formula is C13H24N4O2S. The van der Waals surface area contributed by atoms with Crippen LogP contribution in [0.3, 0.4) is 0 Å². The molecular weight excluding hydrogens is 276 g/mol. The summed E-state index contributed by atoms with van der Waals surface area (Å²) in [4.78, 5) is 0. The van der Waals surface area contributed by atoms with Crippen LogP contribution < -0.4 is 5.32 Å². The van der Waals surface area contributed by atoms with E-state index in [9.17, 15) is 8.42 Å². The molecule has 1 N–H and O–H groups in total. The van der Waals surface area contributed by atoms with Gasteiger partial charge in [0.15, 0.2) is 0 Å². The standard InChI is InChI=1S/C13H24N4O2S/c1-3-17-13(5-8-15-17)11-14-12-6-9-16(10-7-12)20(18,19)4-2/h5,8,12,14H,3-4,6-7,9-11H2,1-2H3. The number of hydrogen-bond donors (Lipinski definition) is 1. The number of hydrogen-bond acceptors (Lipinski definition) is 4. The first-order valence-electron chi connectivity index (χ1n) is 7.28. The summed E-state index contributed by atoms with van der Waals surface area (Å²) in [7, 11) is -3.02. The molecule has 0 atom stereocenters. The summed E-state index contributed by atoms with van der Waals surface area (Å²) >= 11 is 0. The first kappa shape index (κ1) is 15.5. The molecule has 7 heteroatoms. The highest BCUT2D eigenvalue weighted by Gasteiger charge is 2.26. The van der Waals surface area contributed by atoms with Crippen LogP contribution in [-0.2, 0) is 23.1 Å². The van der Waals surface area contributed by atoms with Crippen molar-refractivity contribution in [2.75, 3.05) is 18.8 Å². The van der Waals surface area contributed by atoms with Gasteiger partial charge in [0.1, 0.15) is 0 Å². The van der Waals surface area contributed by atoms with Crippen molar-refractivity contribution in [2.24, 2.45) is 0 Å². The molecule has 0 radical (unpaired) electrons. The maximum atomic E-state index is 11.8. The van der Waals surface area contributed by atoms with Crippen LogP contribution in [0.4, 0.5) is 0 Å². The van der Waals surface area contributed by atoms with E-state index in [-0.39, 0.29) is 5.75 Å². The first-order chi connectivity index (χ1) is 9.56. The molecule has 20 heavy (non-hydrogen) atoms. The zero-order valence-electron chi connectivity index (χ0n) is 12.2. The van der Waals surface area contributed by atoms with E-state index in [0.29, 0.717) is 19.1 Å². The lowest BCUT2D eigenvalue weighted by molar-refractivity contribution is 0.287. The fraction of sp³-hybridized carbons (Fsp3) is 0.769. The lowest BCUT2D eigenvalue weighted by atomic mass is 10.1. The Morgan fingerprint density at radius 1 is 1.35 bits per heavy atom. The number of nitrogens with zero attached hydrogens (tertiary/aromatic N) is 3. The molecule has 1 aromatic heterocycles. The third-order valence-corrected chi connectivity index (χ3v) is 5.77. The molecule has 1 aliphatic rings. The van der Waals surface area contributed by atoms with E-state index in [0.717, 1.165) is 25.9 Å². The Balaban J connectivity index is 1.80. The maximum absolute atomic E-state index is 11.8. The molecule has 6 nitrogen and oxygen atoms in total. The smallest absolute Gasteiger partial charge is 0.213 e. The van der Waals surface area contributed by atoms with Gasteiger partial charge < -0.3 is 5.32 Å². The summed E-state index contributed by atoms with van der Waals surface area (Å²) in [5.41, 5.74) is 1.18. The average Bonchev–Trinajstić information content (AvgIpc) is 2.93. The zero-order valence-corrected chi connectivity index (χ0v) is 13.1. The van der Waals surface area contributed by atoms with E-state index in [1.807, 2.05) is 16.9 Å². The molecule has 0 aliphatic carbocycles. The Morgan fingerprint density at radius 3 is 2.65 bits per heavy atom. The van der Waals surface area contributed by atoms with Gasteiger partial charge in [-0.2, -0.15) is 5.10 Å². The Kier molecular flexibility index (Phi) is 5.17.